The highest BCUT2D eigenvalue weighted by atomic mass is 35.7. The minimum Gasteiger partial charge on any atom is -0.325 e. The zero-order valence-electron chi connectivity index (χ0n) is 5.97. The molecule has 2 unspecified atom stereocenters. The summed E-state index contributed by atoms with van der Waals surface area (Å²) in [6, 6.07) is 0. The van der Waals surface area contributed by atoms with Gasteiger partial charge in [-0.2, -0.15) is 0 Å². The van der Waals surface area contributed by atoms with Gasteiger partial charge in [0.15, 0.2) is 0 Å². The van der Waals surface area contributed by atoms with Crippen molar-refractivity contribution in [3.63, 3.8) is 0 Å². The fraction of sp³-hybridized carbons (Fsp3) is 1.00. The average molecular weight is 170 g/mol. The molecule has 2 nitrogen and oxygen atoms in total. The Labute approximate surface area is 62.3 Å². The second-order valence-electron chi connectivity index (χ2n) is 2.18. The van der Waals surface area contributed by atoms with Crippen LogP contribution in [-0.2, 0) is 4.52 Å². The smallest absolute Gasteiger partial charge is 0.129 e. The van der Waals surface area contributed by atoms with Gasteiger partial charge in [0.2, 0.25) is 0 Å². The van der Waals surface area contributed by atoms with Gasteiger partial charge in [0.05, 0.1) is 0 Å². The molecule has 0 radical (unpaired) electrons. The van der Waals surface area contributed by atoms with Crippen LogP contribution in [0.25, 0.3) is 0 Å². The number of rotatable bonds is 3. The predicted molar refractivity (Wildman–Crippen MR) is 42.6 cm³/mol. The van der Waals surface area contributed by atoms with Crippen molar-refractivity contribution in [2.75, 3.05) is 0 Å². The molecule has 2 atom stereocenters. The highest BCUT2D eigenvalue weighted by molar-refractivity contribution is 7.80. The van der Waals surface area contributed by atoms with Gasteiger partial charge in [-0.05, 0) is 6.92 Å². The first kappa shape index (κ1) is 9.64. The molecule has 0 rings (SSSR count). The number of hydrogen-bond donors (Lipinski definition) is 1. The molecule has 0 saturated carbocycles. The van der Waals surface area contributed by atoms with Gasteiger partial charge in [0.25, 0.3) is 0 Å². The lowest BCUT2D eigenvalue weighted by Gasteiger charge is -2.15. The topological polar surface area (TPSA) is 35.2 Å². The molecule has 0 aromatic carbocycles. The van der Waals surface area contributed by atoms with E-state index < -0.39 is 7.50 Å². The summed E-state index contributed by atoms with van der Waals surface area (Å²) in [4.78, 5) is 0. The van der Waals surface area contributed by atoms with Gasteiger partial charge >= 0.3 is 0 Å². The minimum atomic E-state index is -0.832. The van der Waals surface area contributed by atoms with Crippen LogP contribution in [0.5, 0.6) is 0 Å². The summed E-state index contributed by atoms with van der Waals surface area (Å²) in [7, 11) is -0.832. The Kier molecular flexibility index (Phi) is 4.77. The molecule has 0 amide bonds. The maximum atomic E-state index is 5.77. The molecule has 0 fully saturated rings. The average Bonchev–Trinajstić information content (AvgIpc) is 1.63. The van der Waals surface area contributed by atoms with E-state index in [1.807, 2.05) is 13.8 Å². The Morgan fingerprint density at radius 2 is 1.89 bits per heavy atom. The zero-order valence-corrected chi connectivity index (χ0v) is 7.62. The van der Waals surface area contributed by atoms with Gasteiger partial charge in [-0.25, -0.2) is 0 Å². The number of nitrogens with two attached hydrogens (primary N) is 1. The van der Waals surface area contributed by atoms with Crippen molar-refractivity contribution in [2.45, 2.75) is 32.7 Å². The fourth-order valence-corrected chi connectivity index (χ4v) is 1.22. The van der Waals surface area contributed by atoms with Crippen LogP contribution in [-0.4, -0.2) is 11.9 Å². The van der Waals surface area contributed by atoms with Crippen LogP contribution in [0.4, 0.5) is 0 Å². The summed E-state index contributed by atoms with van der Waals surface area (Å²) in [5, 5.41) is 0. The second-order valence-corrected chi connectivity index (χ2v) is 4.96. The summed E-state index contributed by atoms with van der Waals surface area (Å²) in [5.41, 5.74) is 5.72. The summed E-state index contributed by atoms with van der Waals surface area (Å²) in [6.45, 7) is 5.81. The molecule has 0 spiro atoms. The fourth-order valence-electron chi connectivity index (χ4n) is 0.281. The van der Waals surface area contributed by atoms with Crippen LogP contribution in [0.3, 0.4) is 0 Å². The third-order valence-electron chi connectivity index (χ3n) is 0.673. The van der Waals surface area contributed by atoms with Gasteiger partial charge in [-0.15, -0.1) is 0 Å². The Hall–Kier alpha value is 0.640. The molecule has 2 N–H and O–H groups in total. The van der Waals surface area contributed by atoms with Crippen molar-refractivity contribution in [2.24, 2.45) is 5.73 Å². The summed E-state index contributed by atoms with van der Waals surface area (Å²) in [6.07, 6.45) is -0.240. The maximum absolute atomic E-state index is 5.77. The number of halogens is 1. The highest BCUT2D eigenvalue weighted by Gasteiger charge is 2.11. The van der Waals surface area contributed by atoms with Crippen molar-refractivity contribution < 1.29 is 4.52 Å². The molecule has 0 aliphatic carbocycles. The second kappa shape index (κ2) is 4.45. The Morgan fingerprint density at radius 3 is 2.00 bits per heavy atom. The van der Waals surface area contributed by atoms with Crippen molar-refractivity contribution >= 4 is 18.7 Å². The quantitative estimate of drug-likeness (QED) is 0.520. The first-order valence-corrected chi connectivity index (χ1v) is 5.14. The first-order chi connectivity index (χ1) is 4.04. The van der Waals surface area contributed by atoms with E-state index >= 15 is 0 Å². The van der Waals surface area contributed by atoms with Crippen LogP contribution in [0.2, 0.25) is 0 Å². The van der Waals surface area contributed by atoms with Crippen molar-refractivity contribution in [1.82, 2.24) is 0 Å². The van der Waals surface area contributed by atoms with E-state index in [4.69, 9.17) is 21.5 Å². The van der Waals surface area contributed by atoms with Gasteiger partial charge in [-0.1, -0.05) is 25.1 Å². The first-order valence-electron chi connectivity index (χ1n) is 2.91. The maximum Gasteiger partial charge on any atom is 0.129 e. The molecule has 4 heteroatoms. The van der Waals surface area contributed by atoms with Crippen molar-refractivity contribution in [1.29, 1.82) is 0 Å². The van der Waals surface area contributed by atoms with Crippen LogP contribution < -0.4 is 5.73 Å². The predicted octanol–water partition coefficient (Wildman–Crippen LogP) is 2.27. The van der Waals surface area contributed by atoms with Gasteiger partial charge in [-0.3, -0.25) is 0 Å². The molecular formula is C5H13ClNOP. The lowest BCUT2D eigenvalue weighted by molar-refractivity contribution is 0.260. The van der Waals surface area contributed by atoms with Gasteiger partial charge < -0.3 is 10.3 Å². The molecule has 0 saturated heterocycles. The lowest BCUT2D eigenvalue weighted by atomic mass is 10.6. The summed E-state index contributed by atoms with van der Waals surface area (Å²) >= 11 is 5.77. The minimum absolute atomic E-state index is 0.240. The molecule has 0 aliphatic rings. The molecule has 0 bridgehead atoms. The van der Waals surface area contributed by atoms with Crippen LogP contribution in [0.15, 0.2) is 0 Å². The van der Waals surface area contributed by atoms with E-state index in [0.717, 1.165) is 0 Å². The lowest BCUT2D eigenvalue weighted by Crippen LogP contribution is -2.16. The summed E-state index contributed by atoms with van der Waals surface area (Å²) in [5.74, 6) is 0. The third-order valence-corrected chi connectivity index (χ3v) is 3.43. The standard InChI is InChI=1S/C5H13ClNOP/c1-4(2)9(6)8-5(3)7/h4-5H,7H2,1-3H3. The molecule has 9 heavy (non-hydrogen) atoms. The van der Waals surface area contributed by atoms with E-state index in [1.165, 1.54) is 0 Å². The normalized spacial score (nSPS) is 18.0. The third kappa shape index (κ3) is 5.10. The van der Waals surface area contributed by atoms with Crippen molar-refractivity contribution in [3.8, 4) is 0 Å². The molecule has 56 valence electrons. The number of hydrogen-bond acceptors (Lipinski definition) is 2. The molecule has 0 aliphatic heterocycles. The van der Waals surface area contributed by atoms with E-state index in [9.17, 15) is 0 Å². The molecular weight excluding hydrogens is 156 g/mol. The zero-order chi connectivity index (χ0) is 7.44. The monoisotopic (exact) mass is 169 g/mol. The van der Waals surface area contributed by atoms with E-state index in [1.54, 1.807) is 6.92 Å². The summed E-state index contributed by atoms with van der Waals surface area (Å²) < 4.78 is 5.12. The largest absolute Gasteiger partial charge is 0.325 e. The van der Waals surface area contributed by atoms with Crippen molar-refractivity contribution in [3.05, 3.63) is 0 Å². The van der Waals surface area contributed by atoms with Crippen LogP contribution in [0.1, 0.15) is 20.8 Å². The van der Waals surface area contributed by atoms with E-state index in [-0.39, 0.29) is 6.23 Å². The molecule has 0 aromatic rings. The SMILES string of the molecule is CC(N)OP(Cl)C(C)C. The van der Waals surface area contributed by atoms with Crippen LogP contribution in [0, 0.1) is 0 Å². The molecule has 0 heterocycles. The Bertz CT molecular complexity index is 79.4. The van der Waals surface area contributed by atoms with Crippen LogP contribution >= 0.6 is 18.7 Å². The van der Waals surface area contributed by atoms with Gasteiger partial charge in [0, 0.05) is 5.66 Å². The van der Waals surface area contributed by atoms with Gasteiger partial charge in [0.1, 0.15) is 13.7 Å². The Morgan fingerprint density at radius 1 is 1.44 bits per heavy atom. The Balaban J connectivity index is 3.38. The molecule has 0 aromatic heterocycles. The van der Waals surface area contributed by atoms with E-state index in [2.05, 4.69) is 0 Å². The van der Waals surface area contributed by atoms with E-state index in [0.29, 0.717) is 5.66 Å². The highest BCUT2D eigenvalue weighted by Crippen LogP contribution is 2.47.